The van der Waals surface area contributed by atoms with Gasteiger partial charge in [-0.15, -0.1) is 0 Å². The summed E-state index contributed by atoms with van der Waals surface area (Å²) in [6.45, 7) is 0.871. The number of piperidine rings is 1. The van der Waals surface area contributed by atoms with Crippen LogP contribution in [0.15, 0.2) is 36.4 Å². The molecule has 1 saturated heterocycles. The lowest BCUT2D eigenvalue weighted by Crippen LogP contribution is -2.41. The number of amides is 1. The van der Waals surface area contributed by atoms with E-state index in [0.717, 1.165) is 0 Å². The first kappa shape index (κ1) is 15.1. The summed E-state index contributed by atoms with van der Waals surface area (Å²) in [6, 6.07) is 10.1. The Hall–Kier alpha value is -2.83. The zero-order valence-electron chi connectivity index (χ0n) is 12.3. The maximum absolute atomic E-state index is 11.1. The van der Waals surface area contributed by atoms with E-state index in [2.05, 4.69) is 0 Å². The van der Waals surface area contributed by atoms with Crippen molar-refractivity contribution >= 4 is 22.6 Å². The number of non-ortho nitro benzene ring substituents is 1. The van der Waals surface area contributed by atoms with Gasteiger partial charge in [0.1, 0.15) is 11.9 Å². The molecular formula is C16H16N2O5. The molecule has 0 spiro atoms. The highest BCUT2D eigenvalue weighted by Crippen LogP contribution is 2.34. The lowest BCUT2D eigenvalue weighted by atomic mass is 10.1. The molecule has 0 saturated carbocycles. The van der Waals surface area contributed by atoms with E-state index in [1.54, 1.807) is 24.3 Å². The molecular weight excluding hydrogens is 300 g/mol. The van der Waals surface area contributed by atoms with Crippen LogP contribution in [0.4, 0.5) is 10.5 Å². The van der Waals surface area contributed by atoms with Crippen LogP contribution in [-0.2, 0) is 0 Å². The van der Waals surface area contributed by atoms with E-state index in [-0.39, 0.29) is 11.8 Å². The van der Waals surface area contributed by atoms with Gasteiger partial charge in [0.05, 0.1) is 10.3 Å². The summed E-state index contributed by atoms with van der Waals surface area (Å²) < 4.78 is 5.99. The fourth-order valence-corrected chi connectivity index (χ4v) is 2.86. The Labute approximate surface area is 132 Å². The number of carboxylic acid groups (broad SMARTS) is 1. The van der Waals surface area contributed by atoms with Gasteiger partial charge in [0.15, 0.2) is 0 Å². The molecule has 1 aliphatic heterocycles. The molecule has 0 aromatic heterocycles. The van der Waals surface area contributed by atoms with E-state index in [4.69, 9.17) is 9.84 Å². The van der Waals surface area contributed by atoms with Gasteiger partial charge in [-0.1, -0.05) is 18.2 Å². The number of rotatable bonds is 3. The van der Waals surface area contributed by atoms with Crippen molar-refractivity contribution in [3.63, 3.8) is 0 Å². The van der Waals surface area contributed by atoms with Crippen LogP contribution < -0.4 is 4.74 Å². The number of nitro groups is 1. The van der Waals surface area contributed by atoms with Crippen molar-refractivity contribution in [2.45, 2.75) is 18.9 Å². The highest BCUT2D eigenvalue weighted by Gasteiger charge is 2.24. The molecule has 120 valence electrons. The minimum absolute atomic E-state index is 0.0497. The van der Waals surface area contributed by atoms with E-state index < -0.39 is 11.0 Å². The van der Waals surface area contributed by atoms with Crippen LogP contribution in [0.5, 0.6) is 5.75 Å². The molecule has 23 heavy (non-hydrogen) atoms. The number of nitrogens with zero attached hydrogens (tertiary/aromatic N) is 2. The third-order valence-electron chi connectivity index (χ3n) is 4.06. The van der Waals surface area contributed by atoms with Crippen LogP contribution in [0.2, 0.25) is 0 Å². The molecule has 2 aromatic carbocycles. The third kappa shape index (κ3) is 3.03. The molecule has 7 nitrogen and oxygen atoms in total. The third-order valence-corrected chi connectivity index (χ3v) is 4.06. The molecule has 0 unspecified atom stereocenters. The van der Waals surface area contributed by atoms with E-state index in [1.165, 1.54) is 11.0 Å². The quantitative estimate of drug-likeness (QED) is 0.693. The first-order chi connectivity index (χ1) is 11.1. The zero-order valence-corrected chi connectivity index (χ0v) is 12.3. The lowest BCUT2D eigenvalue weighted by molar-refractivity contribution is -0.383. The SMILES string of the molecule is O=C(O)N1CCC(Oc2ccc([N+](=O)[O-])c3ccccc23)CC1. The standard InChI is InChI=1S/C16H16N2O5/c19-16(20)17-9-7-11(8-10-17)23-15-6-5-14(18(21)22)12-3-1-2-4-13(12)15/h1-6,11H,7-10H2,(H,19,20). The van der Waals surface area contributed by atoms with Crippen molar-refractivity contribution in [1.29, 1.82) is 0 Å². The molecule has 3 rings (SSSR count). The second-order valence-electron chi connectivity index (χ2n) is 5.47. The average Bonchev–Trinajstić information content (AvgIpc) is 2.55. The normalized spacial score (nSPS) is 15.6. The summed E-state index contributed by atoms with van der Waals surface area (Å²) in [7, 11) is 0. The molecule has 1 N–H and O–H groups in total. The average molecular weight is 316 g/mol. The lowest BCUT2D eigenvalue weighted by Gasteiger charge is -2.30. The molecule has 1 heterocycles. The largest absolute Gasteiger partial charge is 0.490 e. The van der Waals surface area contributed by atoms with Crippen LogP contribution >= 0.6 is 0 Å². The summed E-state index contributed by atoms with van der Waals surface area (Å²) in [5.41, 5.74) is 0.0497. The topological polar surface area (TPSA) is 92.9 Å². The van der Waals surface area contributed by atoms with Crippen molar-refractivity contribution in [2.75, 3.05) is 13.1 Å². The van der Waals surface area contributed by atoms with Gasteiger partial charge in [-0.2, -0.15) is 0 Å². The van der Waals surface area contributed by atoms with Crippen molar-refractivity contribution < 1.29 is 19.6 Å². The summed E-state index contributed by atoms with van der Waals surface area (Å²) >= 11 is 0. The van der Waals surface area contributed by atoms with Gasteiger partial charge in [-0.25, -0.2) is 4.79 Å². The van der Waals surface area contributed by atoms with Crippen molar-refractivity contribution in [3.05, 3.63) is 46.5 Å². The number of likely N-dealkylation sites (tertiary alicyclic amines) is 1. The Morgan fingerprint density at radius 1 is 1.17 bits per heavy atom. The second-order valence-corrected chi connectivity index (χ2v) is 5.47. The smallest absolute Gasteiger partial charge is 0.407 e. The van der Waals surface area contributed by atoms with Crippen molar-refractivity contribution in [2.24, 2.45) is 0 Å². The van der Waals surface area contributed by atoms with E-state index in [0.29, 0.717) is 42.5 Å². The molecule has 2 aromatic rings. The molecule has 0 atom stereocenters. The van der Waals surface area contributed by atoms with E-state index in [9.17, 15) is 14.9 Å². The minimum atomic E-state index is -0.913. The number of nitro benzene ring substituents is 1. The molecule has 0 bridgehead atoms. The van der Waals surface area contributed by atoms with Gasteiger partial charge in [0.2, 0.25) is 0 Å². The Kier molecular flexibility index (Phi) is 4.01. The fourth-order valence-electron chi connectivity index (χ4n) is 2.86. The van der Waals surface area contributed by atoms with E-state index >= 15 is 0 Å². The zero-order chi connectivity index (χ0) is 16.4. The summed E-state index contributed by atoms with van der Waals surface area (Å²) in [6.07, 6.45) is 0.217. The Balaban J connectivity index is 1.83. The molecule has 1 amide bonds. The predicted octanol–water partition coefficient (Wildman–Crippen LogP) is 3.27. The van der Waals surface area contributed by atoms with Crippen LogP contribution in [0, 0.1) is 10.1 Å². The second kappa shape index (κ2) is 6.12. The Morgan fingerprint density at radius 3 is 2.43 bits per heavy atom. The van der Waals surface area contributed by atoms with Crippen molar-refractivity contribution in [1.82, 2.24) is 4.90 Å². The monoisotopic (exact) mass is 316 g/mol. The van der Waals surface area contributed by atoms with Crippen LogP contribution in [0.3, 0.4) is 0 Å². The van der Waals surface area contributed by atoms with Crippen molar-refractivity contribution in [3.8, 4) is 5.75 Å². The van der Waals surface area contributed by atoms with Gasteiger partial charge in [0.25, 0.3) is 5.69 Å². The number of hydrogen-bond donors (Lipinski definition) is 1. The van der Waals surface area contributed by atoms with Gasteiger partial charge < -0.3 is 14.7 Å². The molecule has 0 radical (unpaired) electrons. The first-order valence-electron chi connectivity index (χ1n) is 7.37. The van der Waals surface area contributed by atoms with Crippen LogP contribution in [0.1, 0.15) is 12.8 Å². The Bertz CT molecular complexity index is 753. The highest BCUT2D eigenvalue weighted by molar-refractivity contribution is 5.95. The maximum atomic E-state index is 11.1. The highest BCUT2D eigenvalue weighted by atomic mass is 16.6. The van der Waals surface area contributed by atoms with Gasteiger partial charge in [-0.05, 0) is 12.1 Å². The van der Waals surface area contributed by atoms with Gasteiger partial charge in [0, 0.05) is 37.4 Å². The van der Waals surface area contributed by atoms with Gasteiger partial charge >= 0.3 is 6.09 Å². The number of fused-ring (bicyclic) bond motifs is 1. The minimum Gasteiger partial charge on any atom is -0.490 e. The van der Waals surface area contributed by atoms with Crippen LogP contribution in [0.25, 0.3) is 10.8 Å². The number of ether oxygens (including phenoxy) is 1. The molecule has 1 fully saturated rings. The molecule has 7 heteroatoms. The summed E-state index contributed by atoms with van der Waals surface area (Å²) in [5.74, 6) is 0.597. The fraction of sp³-hybridized carbons (Fsp3) is 0.312. The van der Waals surface area contributed by atoms with Crippen LogP contribution in [-0.4, -0.2) is 40.2 Å². The molecule has 0 aliphatic carbocycles. The summed E-state index contributed by atoms with van der Waals surface area (Å²) in [5, 5.41) is 21.3. The van der Waals surface area contributed by atoms with Gasteiger partial charge in [-0.3, -0.25) is 10.1 Å². The molecule has 1 aliphatic rings. The number of benzene rings is 2. The predicted molar refractivity (Wildman–Crippen MR) is 83.9 cm³/mol. The number of hydrogen-bond acceptors (Lipinski definition) is 4. The number of carbonyl (C=O) groups is 1. The summed E-state index contributed by atoms with van der Waals surface area (Å²) in [4.78, 5) is 23.0. The first-order valence-corrected chi connectivity index (χ1v) is 7.37. The maximum Gasteiger partial charge on any atom is 0.407 e. The van der Waals surface area contributed by atoms with E-state index in [1.807, 2.05) is 6.07 Å². The Morgan fingerprint density at radius 2 is 1.83 bits per heavy atom.